The quantitative estimate of drug-likeness (QED) is 0.125. The van der Waals surface area contributed by atoms with Gasteiger partial charge in [0, 0.05) is 5.33 Å². The Hall–Kier alpha value is -1.60. The van der Waals surface area contributed by atoms with E-state index in [0.29, 0.717) is 0 Å². The number of hydrogen-bond acceptors (Lipinski definition) is 0. The van der Waals surface area contributed by atoms with Crippen molar-refractivity contribution in [2.24, 2.45) is 0 Å². The van der Waals surface area contributed by atoms with E-state index in [1.807, 2.05) is 0 Å². The maximum absolute atomic E-state index is 3.51. The summed E-state index contributed by atoms with van der Waals surface area (Å²) >= 11 is 3.51. The first-order valence-electron chi connectivity index (χ1n) is 11.1. The molecule has 0 nitrogen and oxygen atoms in total. The first-order valence-corrected chi connectivity index (χ1v) is 12.2. The number of unbranched alkanes of at least 4 members (excludes halogenated alkanes) is 8. The van der Waals surface area contributed by atoms with Crippen LogP contribution in [0.2, 0.25) is 0 Å². The van der Waals surface area contributed by atoms with Crippen molar-refractivity contribution in [1.29, 1.82) is 0 Å². The molecule has 0 fully saturated rings. The average molecular weight is 435 g/mol. The molecule has 0 aliphatic carbocycles. The van der Waals surface area contributed by atoms with Crippen LogP contribution in [0.3, 0.4) is 0 Å². The van der Waals surface area contributed by atoms with Gasteiger partial charge in [0.2, 0.25) is 0 Å². The van der Waals surface area contributed by atoms with Crippen LogP contribution in [-0.4, -0.2) is 5.33 Å². The van der Waals surface area contributed by atoms with Gasteiger partial charge in [-0.1, -0.05) is 115 Å². The van der Waals surface area contributed by atoms with Crippen molar-refractivity contribution in [3.05, 3.63) is 60.2 Å². The summed E-state index contributed by atoms with van der Waals surface area (Å²) in [5.41, 5.74) is 1.53. The molecule has 0 heterocycles. The zero-order valence-electron chi connectivity index (χ0n) is 16.9. The van der Waals surface area contributed by atoms with Gasteiger partial charge in [-0.3, -0.25) is 0 Å². The monoisotopic (exact) mass is 434 g/mol. The maximum Gasteiger partial charge on any atom is 0.00313 e. The molecule has 0 spiro atoms. The fourth-order valence-electron chi connectivity index (χ4n) is 4.66. The van der Waals surface area contributed by atoms with E-state index in [1.54, 1.807) is 0 Å². The summed E-state index contributed by atoms with van der Waals surface area (Å²) in [5, 5.41) is 9.65. The lowest BCUT2D eigenvalue weighted by molar-refractivity contribution is 0.566. The van der Waals surface area contributed by atoms with Crippen LogP contribution in [0.1, 0.15) is 63.4 Å². The number of hydrogen-bond donors (Lipinski definition) is 0. The molecule has 0 aromatic heterocycles. The summed E-state index contributed by atoms with van der Waals surface area (Å²) in [6.07, 6.45) is 13.7. The molecule has 0 aliphatic rings. The molecular weight excluding hydrogens is 404 g/mol. The average Bonchev–Trinajstić information content (AvgIpc) is 2.74. The smallest absolute Gasteiger partial charge is 0.00313 e. The third kappa shape index (κ3) is 4.35. The standard InChI is InChI=1S/C27H31Br/c28-20-9-7-5-3-1-2-4-6-8-11-21-14-15-24-17-16-22-12-10-13-23-18-19-25(21)27(24)26(22)23/h10,12-19H,1-9,11,20H2. The molecule has 0 atom stereocenters. The number of aryl methyl sites for hydroxylation is 1. The second-order valence-electron chi connectivity index (χ2n) is 8.20. The Balaban J connectivity index is 1.36. The van der Waals surface area contributed by atoms with Crippen molar-refractivity contribution in [1.82, 2.24) is 0 Å². The summed E-state index contributed by atoms with van der Waals surface area (Å²) in [5.74, 6) is 0. The SMILES string of the molecule is BrCCCCCCCCCCCc1ccc2ccc3cccc4ccc1c2c34. The zero-order chi connectivity index (χ0) is 19.2. The van der Waals surface area contributed by atoms with E-state index in [-0.39, 0.29) is 0 Å². The second kappa shape index (κ2) is 9.74. The van der Waals surface area contributed by atoms with E-state index in [9.17, 15) is 0 Å². The van der Waals surface area contributed by atoms with Gasteiger partial charge < -0.3 is 0 Å². The van der Waals surface area contributed by atoms with E-state index in [0.717, 1.165) is 5.33 Å². The van der Waals surface area contributed by atoms with Gasteiger partial charge in [0.25, 0.3) is 0 Å². The summed E-state index contributed by atoms with van der Waals surface area (Å²) in [4.78, 5) is 0. The molecule has 4 aromatic rings. The molecule has 0 radical (unpaired) electrons. The van der Waals surface area contributed by atoms with Crippen LogP contribution in [0.25, 0.3) is 32.3 Å². The van der Waals surface area contributed by atoms with Gasteiger partial charge in [0.1, 0.15) is 0 Å². The molecule has 0 amide bonds. The highest BCUT2D eigenvalue weighted by Gasteiger charge is 2.10. The molecule has 146 valence electrons. The minimum absolute atomic E-state index is 1.16. The Morgan fingerprint density at radius 3 is 1.71 bits per heavy atom. The van der Waals surface area contributed by atoms with Gasteiger partial charge >= 0.3 is 0 Å². The first-order chi connectivity index (χ1) is 13.9. The first kappa shape index (κ1) is 19.7. The number of halogens is 1. The van der Waals surface area contributed by atoms with Crippen LogP contribution in [0.15, 0.2) is 54.6 Å². The lowest BCUT2D eigenvalue weighted by Gasteiger charge is -2.14. The summed E-state index contributed by atoms with van der Waals surface area (Å²) in [6.45, 7) is 0. The minimum atomic E-state index is 1.16. The maximum atomic E-state index is 3.51. The molecular formula is C27H31Br. The Morgan fingerprint density at radius 2 is 1.04 bits per heavy atom. The van der Waals surface area contributed by atoms with Crippen LogP contribution in [0, 0.1) is 0 Å². The topological polar surface area (TPSA) is 0 Å². The van der Waals surface area contributed by atoms with Crippen molar-refractivity contribution in [3.63, 3.8) is 0 Å². The molecule has 4 aromatic carbocycles. The Labute approximate surface area is 177 Å². The molecule has 0 saturated carbocycles. The fourth-order valence-corrected chi connectivity index (χ4v) is 5.06. The van der Waals surface area contributed by atoms with Gasteiger partial charge in [0.05, 0.1) is 0 Å². The van der Waals surface area contributed by atoms with Crippen molar-refractivity contribution < 1.29 is 0 Å². The molecule has 4 rings (SSSR count). The molecule has 1 heteroatoms. The van der Waals surface area contributed by atoms with Crippen molar-refractivity contribution in [2.45, 2.75) is 64.2 Å². The summed E-state index contributed by atoms with van der Waals surface area (Å²) in [7, 11) is 0. The van der Waals surface area contributed by atoms with Gasteiger partial charge in [-0.05, 0) is 57.1 Å². The number of benzene rings is 4. The molecule has 0 saturated heterocycles. The summed E-state index contributed by atoms with van der Waals surface area (Å²) < 4.78 is 0. The van der Waals surface area contributed by atoms with E-state index < -0.39 is 0 Å². The van der Waals surface area contributed by atoms with Gasteiger partial charge in [-0.2, -0.15) is 0 Å². The van der Waals surface area contributed by atoms with Gasteiger partial charge in [-0.25, -0.2) is 0 Å². The van der Waals surface area contributed by atoms with Crippen LogP contribution in [0.4, 0.5) is 0 Å². The van der Waals surface area contributed by atoms with Crippen LogP contribution < -0.4 is 0 Å². The predicted octanol–water partition coefficient (Wildman–Crippen LogP) is 9.03. The Bertz CT molecular complexity index is 1000. The van der Waals surface area contributed by atoms with Crippen molar-refractivity contribution >= 4 is 48.2 Å². The molecule has 0 aliphatic heterocycles. The van der Waals surface area contributed by atoms with Crippen LogP contribution in [-0.2, 0) is 6.42 Å². The van der Waals surface area contributed by atoms with Crippen LogP contribution in [0.5, 0.6) is 0 Å². The highest BCUT2D eigenvalue weighted by molar-refractivity contribution is 9.09. The number of alkyl halides is 1. The van der Waals surface area contributed by atoms with E-state index in [4.69, 9.17) is 0 Å². The fraction of sp³-hybridized carbons (Fsp3) is 0.407. The van der Waals surface area contributed by atoms with E-state index >= 15 is 0 Å². The third-order valence-corrected chi connectivity index (χ3v) is 6.76. The van der Waals surface area contributed by atoms with E-state index in [1.165, 1.54) is 102 Å². The molecule has 28 heavy (non-hydrogen) atoms. The lowest BCUT2D eigenvalue weighted by Crippen LogP contribution is -1.91. The predicted molar refractivity (Wildman–Crippen MR) is 129 cm³/mol. The second-order valence-corrected chi connectivity index (χ2v) is 8.99. The van der Waals surface area contributed by atoms with Crippen LogP contribution >= 0.6 is 15.9 Å². The molecule has 0 bridgehead atoms. The highest BCUT2D eigenvalue weighted by atomic mass is 79.9. The molecule has 0 N–H and O–H groups in total. The zero-order valence-corrected chi connectivity index (χ0v) is 18.4. The Kier molecular flexibility index (Phi) is 6.86. The third-order valence-electron chi connectivity index (χ3n) is 6.20. The molecule has 0 unspecified atom stereocenters. The number of rotatable bonds is 11. The summed E-state index contributed by atoms with van der Waals surface area (Å²) in [6, 6.07) is 20.6. The van der Waals surface area contributed by atoms with Crippen molar-refractivity contribution in [2.75, 3.05) is 5.33 Å². The van der Waals surface area contributed by atoms with Gasteiger partial charge in [-0.15, -0.1) is 0 Å². The van der Waals surface area contributed by atoms with Crippen molar-refractivity contribution in [3.8, 4) is 0 Å². The largest absolute Gasteiger partial charge is 0.0928 e. The normalized spacial score (nSPS) is 11.9. The van der Waals surface area contributed by atoms with E-state index in [2.05, 4.69) is 70.5 Å². The Morgan fingerprint density at radius 1 is 0.500 bits per heavy atom. The van der Waals surface area contributed by atoms with Gasteiger partial charge in [0.15, 0.2) is 0 Å². The highest BCUT2D eigenvalue weighted by Crippen LogP contribution is 2.36. The minimum Gasteiger partial charge on any atom is -0.0928 e. The lowest BCUT2D eigenvalue weighted by atomic mass is 9.90.